The molecule has 1 atom stereocenters. The van der Waals surface area contributed by atoms with Crippen LogP contribution in [0, 0.1) is 0 Å². The van der Waals surface area contributed by atoms with Gasteiger partial charge in [0.1, 0.15) is 5.75 Å². The summed E-state index contributed by atoms with van der Waals surface area (Å²) in [7, 11) is 1.72. The third-order valence-electron chi connectivity index (χ3n) is 2.88. The van der Waals surface area contributed by atoms with E-state index in [4.69, 9.17) is 4.74 Å². The molecular formula is C13H21NO. The predicted octanol–water partition coefficient (Wildman–Crippen LogP) is 3.73. The van der Waals surface area contributed by atoms with Crippen LogP contribution in [0.4, 0.5) is 0 Å². The molecule has 1 heterocycles. The van der Waals surface area contributed by atoms with Crippen molar-refractivity contribution in [3.8, 4) is 5.75 Å². The molecule has 0 aliphatic carbocycles. The number of rotatable bonds is 4. The van der Waals surface area contributed by atoms with Gasteiger partial charge in [-0.25, -0.2) is 0 Å². The van der Waals surface area contributed by atoms with Gasteiger partial charge >= 0.3 is 0 Å². The lowest BCUT2D eigenvalue weighted by Crippen LogP contribution is -2.01. The molecule has 0 saturated carbocycles. The third kappa shape index (κ3) is 2.71. The number of methoxy groups -OCH3 is 1. The molecule has 84 valence electrons. The summed E-state index contributed by atoms with van der Waals surface area (Å²) in [6, 6.07) is 2.07. The van der Waals surface area contributed by atoms with Gasteiger partial charge in [0, 0.05) is 23.5 Å². The van der Waals surface area contributed by atoms with Crippen LogP contribution in [0.15, 0.2) is 12.3 Å². The van der Waals surface area contributed by atoms with Crippen LogP contribution in [-0.4, -0.2) is 12.1 Å². The van der Waals surface area contributed by atoms with Crippen molar-refractivity contribution in [1.82, 2.24) is 4.98 Å². The molecule has 0 aliphatic heterocycles. The van der Waals surface area contributed by atoms with Gasteiger partial charge < -0.3 is 4.74 Å². The Morgan fingerprint density at radius 3 is 2.47 bits per heavy atom. The summed E-state index contributed by atoms with van der Waals surface area (Å²) in [5.74, 6) is 1.92. The van der Waals surface area contributed by atoms with Gasteiger partial charge in [0.05, 0.1) is 7.11 Å². The summed E-state index contributed by atoms with van der Waals surface area (Å²) >= 11 is 0. The van der Waals surface area contributed by atoms with E-state index in [1.165, 1.54) is 5.56 Å². The zero-order chi connectivity index (χ0) is 11.4. The van der Waals surface area contributed by atoms with Gasteiger partial charge in [-0.05, 0) is 18.3 Å². The smallest absolute Gasteiger partial charge is 0.125 e. The number of hydrogen-bond donors (Lipinski definition) is 0. The van der Waals surface area contributed by atoms with Crippen LogP contribution >= 0.6 is 0 Å². The van der Waals surface area contributed by atoms with Gasteiger partial charge in [-0.3, -0.25) is 4.98 Å². The molecule has 0 spiro atoms. The largest absolute Gasteiger partial charge is 0.496 e. The molecule has 0 bridgehead atoms. The second kappa shape index (κ2) is 5.15. The highest BCUT2D eigenvalue weighted by molar-refractivity contribution is 5.36. The van der Waals surface area contributed by atoms with E-state index in [0.29, 0.717) is 11.8 Å². The molecule has 2 nitrogen and oxygen atoms in total. The van der Waals surface area contributed by atoms with Crippen molar-refractivity contribution in [2.24, 2.45) is 0 Å². The highest BCUT2D eigenvalue weighted by Crippen LogP contribution is 2.28. The molecule has 1 aromatic heterocycles. The average Bonchev–Trinajstić information content (AvgIpc) is 2.26. The summed E-state index contributed by atoms with van der Waals surface area (Å²) in [6.07, 6.45) is 3.06. The summed E-state index contributed by atoms with van der Waals surface area (Å²) in [5.41, 5.74) is 2.31. The van der Waals surface area contributed by atoms with E-state index in [2.05, 4.69) is 38.7 Å². The Labute approximate surface area is 92.7 Å². The lowest BCUT2D eigenvalue weighted by atomic mass is 10.00. The maximum atomic E-state index is 5.40. The fourth-order valence-electron chi connectivity index (χ4n) is 1.55. The molecule has 1 unspecified atom stereocenters. The Morgan fingerprint density at radius 2 is 2.00 bits per heavy atom. The minimum absolute atomic E-state index is 0.457. The van der Waals surface area contributed by atoms with Gasteiger partial charge in [0.2, 0.25) is 0 Å². The summed E-state index contributed by atoms with van der Waals surface area (Å²) in [6.45, 7) is 8.68. The summed E-state index contributed by atoms with van der Waals surface area (Å²) in [5, 5.41) is 0. The van der Waals surface area contributed by atoms with Gasteiger partial charge in [0.25, 0.3) is 0 Å². The molecule has 0 aliphatic rings. The maximum absolute atomic E-state index is 5.40. The Balaban J connectivity index is 3.07. The normalized spacial score (nSPS) is 12.9. The molecule has 1 aromatic rings. The molecule has 0 N–H and O–H groups in total. The average molecular weight is 207 g/mol. The van der Waals surface area contributed by atoms with Crippen molar-refractivity contribution in [3.05, 3.63) is 23.5 Å². The van der Waals surface area contributed by atoms with E-state index in [0.717, 1.165) is 17.9 Å². The first-order chi connectivity index (χ1) is 7.10. The van der Waals surface area contributed by atoms with Crippen molar-refractivity contribution in [2.75, 3.05) is 7.11 Å². The monoisotopic (exact) mass is 207 g/mol. The fourth-order valence-corrected chi connectivity index (χ4v) is 1.55. The molecule has 0 amide bonds. The Kier molecular flexibility index (Phi) is 4.13. The van der Waals surface area contributed by atoms with Crippen LogP contribution in [-0.2, 0) is 0 Å². The quantitative estimate of drug-likeness (QED) is 0.750. The van der Waals surface area contributed by atoms with Crippen molar-refractivity contribution in [3.63, 3.8) is 0 Å². The standard InChI is InChI=1S/C13H21NO/c1-6-10(4)12-7-13(15-5)11(8-14-12)9(2)3/h7-10H,6H2,1-5H3. The third-order valence-corrected chi connectivity index (χ3v) is 2.88. The van der Waals surface area contributed by atoms with Gasteiger partial charge in [-0.2, -0.15) is 0 Å². The zero-order valence-corrected chi connectivity index (χ0v) is 10.4. The highest BCUT2D eigenvalue weighted by atomic mass is 16.5. The van der Waals surface area contributed by atoms with E-state index in [1.54, 1.807) is 7.11 Å². The van der Waals surface area contributed by atoms with E-state index < -0.39 is 0 Å². The number of aromatic nitrogens is 1. The molecule has 0 radical (unpaired) electrons. The predicted molar refractivity (Wildman–Crippen MR) is 63.6 cm³/mol. The summed E-state index contributed by atoms with van der Waals surface area (Å²) < 4.78 is 5.40. The topological polar surface area (TPSA) is 22.1 Å². The van der Waals surface area contributed by atoms with E-state index in [-0.39, 0.29) is 0 Å². The van der Waals surface area contributed by atoms with Gasteiger partial charge in [-0.1, -0.05) is 27.7 Å². The van der Waals surface area contributed by atoms with Gasteiger partial charge in [-0.15, -0.1) is 0 Å². The zero-order valence-electron chi connectivity index (χ0n) is 10.4. The minimum atomic E-state index is 0.457. The Hall–Kier alpha value is -1.05. The molecule has 0 aromatic carbocycles. The summed E-state index contributed by atoms with van der Waals surface area (Å²) in [4.78, 5) is 4.50. The van der Waals surface area contributed by atoms with E-state index in [1.807, 2.05) is 6.20 Å². The molecule has 15 heavy (non-hydrogen) atoms. The Morgan fingerprint density at radius 1 is 1.33 bits per heavy atom. The van der Waals surface area contributed by atoms with Crippen LogP contribution in [0.25, 0.3) is 0 Å². The van der Waals surface area contributed by atoms with Crippen molar-refractivity contribution < 1.29 is 4.74 Å². The number of hydrogen-bond acceptors (Lipinski definition) is 2. The lowest BCUT2D eigenvalue weighted by molar-refractivity contribution is 0.405. The van der Waals surface area contributed by atoms with Crippen LogP contribution in [0.2, 0.25) is 0 Å². The van der Waals surface area contributed by atoms with Crippen molar-refractivity contribution in [2.45, 2.75) is 46.0 Å². The number of pyridine rings is 1. The molecule has 2 heteroatoms. The second-order valence-corrected chi connectivity index (χ2v) is 4.32. The van der Waals surface area contributed by atoms with E-state index >= 15 is 0 Å². The number of ether oxygens (including phenoxy) is 1. The fraction of sp³-hybridized carbons (Fsp3) is 0.615. The van der Waals surface area contributed by atoms with Crippen molar-refractivity contribution in [1.29, 1.82) is 0 Å². The molecule has 1 rings (SSSR count). The second-order valence-electron chi connectivity index (χ2n) is 4.32. The van der Waals surface area contributed by atoms with Crippen LogP contribution in [0.3, 0.4) is 0 Å². The first kappa shape index (κ1) is 12.0. The molecular weight excluding hydrogens is 186 g/mol. The van der Waals surface area contributed by atoms with Crippen LogP contribution in [0.1, 0.15) is 57.2 Å². The lowest BCUT2D eigenvalue weighted by Gasteiger charge is -2.14. The number of nitrogens with zero attached hydrogens (tertiary/aromatic N) is 1. The Bertz CT molecular complexity index is 320. The first-order valence-electron chi connectivity index (χ1n) is 5.63. The molecule has 0 fully saturated rings. The van der Waals surface area contributed by atoms with E-state index in [9.17, 15) is 0 Å². The SMILES string of the molecule is CCC(C)c1cc(OC)c(C(C)C)cn1. The van der Waals surface area contributed by atoms with Crippen LogP contribution < -0.4 is 4.74 Å². The minimum Gasteiger partial charge on any atom is -0.496 e. The van der Waals surface area contributed by atoms with Gasteiger partial charge in [0.15, 0.2) is 0 Å². The molecule has 0 saturated heterocycles. The van der Waals surface area contributed by atoms with Crippen LogP contribution in [0.5, 0.6) is 5.75 Å². The highest BCUT2D eigenvalue weighted by Gasteiger charge is 2.11. The maximum Gasteiger partial charge on any atom is 0.125 e. The first-order valence-corrected chi connectivity index (χ1v) is 5.63. The van der Waals surface area contributed by atoms with Crippen molar-refractivity contribution >= 4 is 0 Å².